The molecular formula is C23H20BrClFN5O2S. The van der Waals surface area contributed by atoms with Crippen LogP contribution < -0.4 is 5.32 Å². The summed E-state index contributed by atoms with van der Waals surface area (Å²) in [4.78, 5) is 4.42. The smallest absolute Gasteiger partial charge is 0.245 e. The Kier molecular flexibility index (Phi) is 6.32. The fourth-order valence-electron chi connectivity index (χ4n) is 4.09. The van der Waals surface area contributed by atoms with Crippen LogP contribution in [-0.4, -0.2) is 46.5 Å². The number of nitrogens with one attached hydrogen (secondary N) is 1. The number of halogens is 3. The third-order valence-electron chi connectivity index (χ3n) is 5.84. The van der Waals surface area contributed by atoms with Crippen LogP contribution in [0.2, 0.25) is 5.02 Å². The van der Waals surface area contributed by atoms with Crippen LogP contribution in [0.25, 0.3) is 16.9 Å². The van der Waals surface area contributed by atoms with Gasteiger partial charge in [0, 0.05) is 35.8 Å². The summed E-state index contributed by atoms with van der Waals surface area (Å²) in [6, 6.07) is 14.8. The first-order valence-electron chi connectivity index (χ1n) is 10.6. The van der Waals surface area contributed by atoms with Crippen molar-refractivity contribution in [3.05, 3.63) is 76.1 Å². The van der Waals surface area contributed by atoms with E-state index >= 15 is 0 Å². The SMILES string of the molecule is O=S(=O)(c1ccccc1F)N1CCC(Nc2cc(-c3ccccc3Cl)nc3c(Br)cnn23)CC1. The van der Waals surface area contributed by atoms with Gasteiger partial charge in [-0.25, -0.2) is 17.8 Å². The number of nitrogens with zero attached hydrogens (tertiary/aromatic N) is 4. The molecule has 2 aromatic carbocycles. The molecule has 0 bridgehead atoms. The number of hydrogen-bond donors (Lipinski definition) is 1. The number of hydrogen-bond acceptors (Lipinski definition) is 5. The van der Waals surface area contributed by atoms with E-state index in [4.69, 9.17) is 16.6 Å². The molecule has 1 fully saturated rings. The highest BCUT2D eigenvalue weighted by Crippen LogP contribution is 2.31. The zero-order valence-corrected chi connectivity index (χ0v) is 21.0. The van der Waals surface area contributed by atoms with E-state index in [9.17, 15) is 12.8 Å². The highest BCUT2D eigenvalue weighted by Gasteiger charge is 2.31. The molecule has 7 nitrogen and oxygen atoms in total. The van der Waals surface area contributed by atoms with E-state index in [1.165, 1.54) is 22.5 Å². The Morgan fingerprint density at radius 3 is 2.53 bits per heavy atom. The van der Waals surface area contributed by atoms with Crippen LogP contribution in [0.4, 0.5) is 10.2 Å². The lowest BCUT2D eigenvalue weighted by atomic mass is 10.1. The molecule has 4 aromatic rings. The van der Waals surface area contributed by atoms with Gasteiger partial charge in [-0.15, -0.1) is 0 Å². The van der Waals surface area contributed by atoms with Gasteiger partial charge in [0.15, 0.2) is 5.65 Å². The summed E-state index contributed by atoms with van der Waals surface area (Å²) in [6.45, 7) is 0.561. The average molecular weight is 565 g/mol. The Hall–Kier alpha value is -2.53. The summed E-state index contributed by atoms with van der Waals surface area (Å²) in [5, 5.41) is 8.49. The topological polar surface area (TPSA) is 79.6 Å². The molecule has 0 amide bonds. The number of aromatic nitrogens is 3. The van der Waals surface area contributed by atoms with Crippen molar-refractivity contribution < 1.29 is 12.8 Å². The Bertz CT molecular complexity index is 1470. The Labute approximate surface area is 209 Å². The second-order valence-corrected chi connectivity index (χ2v) is 11.2. The molecule has 1 saturated heterocycles. The second-order valence-electron chi connectivity index (χ2n) is 7.99. The molecule has 0 unspecified atom stereocenters. The number of sulfonamides is 1. The minimum absolute atomic E-state index is 0.000240. The molecule has 1 aliphatic rings. The lowest BCUT2D eigenvalue weighted by Gasteiger charge is -2.32. The molecule has 3 heterocycles. The summed E-state index contributed by atoms with van der Waals surface area (Å²) < 4.78 is 43.7. The van der Waals surface area contributed by atoms with E-state index in [-0.39, 0.29) is 24.0 Å². The van der Waals surface area contributed by atoms with Crippen molar-refractivity contribution in [3.63, 3.8) is 0 Å². The van der Waals surface area contributed by atoms with Crippen molar-refractivity contribution in [2.24, 2.45) is 0 Å². The summed E-state index contributed by atoms with van der Waals surface area (Å²) >= 11 is 9.90. The van der Waals surface area contributed by atoms with E-state index in [2.05, 4.69) is 26.3 Å². The summed E-state index contributed by atoms with van der Waals surface area (Å²) in [5.74, 6) is -0.0145. The second kappa shape index (κ2) is 9.26. The predicted octanol–water partition coefficient (Wildman–Crippen LogP) is 5.22. The van der Waals surface area contributed by atoms with Gasteiger partial charge < -0.3 is 5.32 Å². The fourth-order valence-corrected chi connectivity index (χ4v) is 6.20. The van der Waals surface area contributed by atoms with E-state index in [0.717, 1.165) is 21.9 Å². The number of rotatable bonds is 5. The first-order chi connectivity index (χ1) is 16.3. The normalized spacial score (nSPS) is 15.6. The number of fused-ring (bicyclic) bond motifs is 1. The minimum atomic E-state index is -3.89. The Balaban J connectivity index is 1.39. The molecule has 11 heteroatoms. The maximum Gasteiger partial charge on any atom is 0.245 e. The van der Waals surface area contributed by atoms with Crippen molar-refractivity contribution in [3.8, 4) is 11.3 Å². The Morgan fingerprint density at radius 1 is 1.09 bits per heavy atom. The molecule has 0 spiro atoms. The monoisotopic (exact) mass is 563 g/mol. The standard InChI is InChI=1S/C23H20BrClFN5O2S/c24-17-14-27-31-22(13-20(29-23(17)31)16-5-1-2-6-18(16)25)28-15-9-11-30(12-10-15)34(32,33)21-8-4-3-7-19(21)26/h1-8,13-15,28H,9-12H2. The lowest BCUT2D eigenvalue weighted by molar-refractivity contribution is 0.328. The first kappa shape index (κ1) is 23.2. The van der Waals surface area contributed by atoms with Gasteiger partial charge in [-0.1, -0.05) is 41.9 Å². The first-order valence-corrected chi connectivity index (χ1v) is 13.3. The molecule has 0 aliphatic carbocycles. The molecule has 1 aliphatic heterocycles. The summed E-state index contributed by atoms with van der Waals surface area (Å²) in [6.07, 6.45) is 2.79. The quantitative estimate of drug-likeness (QED) is 0.360. The number of benzene rings is 2. The van der Waals surface area contributed by atoms with Crippen molar-refractivity contribution in [2.75, 3.05) is 18.4 Å². The van der Waals surface area contributed by atoms with Crippen molar-refractivity contribution in [1.82, 2.24) is 18.9 Å². The third kappa shape index (κ3) is 4.31. The van der Waals surface area contributed by atoms with Crippen LogP contribution in [0, 0.1) is 5.82 Å². The van der Waals surface area contributed by atoms with E-state index in [1.807, 2.05) is 30.3 Å². The third-order valence-corrected chi connectivity index (χ3v) is 8.66. The zero-order valence-electron chi connectivity index (χ0n) is 17.8. The fraction of sp³-hybridized carbons (Fsp3) is 0.217. The van der Waals surface area contributed by atoms with Crippen molar-refractivity contribution in [2.45, 2.75) is 23.8 Å². The maximum atomic E-state index is 14.1. The van der Waals surface area contributed by atoms with Crippen LogP contribution in [0.15, 0.2) is 70.2 Å². The molecule has 2 aromatic heterocycles. The van der Waals surface area contributed by atoms with Gasteiger partial charge in [-0.05, 0) is 47.0 Å². The molecule has 0 atom stereocenters. The lowest BCUT2D eigenvalue weighted by Crippen LogP contribution is -2.42. The van der Waals surface area contributed by atoms with Crippen molar-refractivity contribution >= 4 is 49.0 Å². The van der Waals surface area contributed by atoms with Gasteiger partial charge in [0.05, 0.1) is 16.4 Å². The van der Waals surface area contributed by atoms with Gasteiger partial charge in [0.1, 0.15) is 16.5 Å². The Morgan fingerprint density at radius 2 is 1.79 bits per heavy atom. The van der Waals surface area contributed by atoms with Crippen LogP contribution in [0.1, 0.15) is 12.8 Å². The van der Waals surface area contributed by atoms with Crippen LogP contribution in [0.3, 0.4) is 0 Å². The van der Waals surface area contributed by atoms with Gasteiger partial charge in [0.2, 0.25) is 10.0 Å². The van der Waals surface area contributed by atoms with E-state index in [1.54, 1.807) is 10.7 Å². The molecule has 176 valence electrons. The molecule has 34 heavy (non-hydrogen) atoms. The number of piperidine rings is 1. The molecule has 0 radical (unpaired) electrons. The van der Waals surface area contributed by atoms with Crippen LogP contribution in [-0.2, 0) is 10.0 Å². The predicted molar refractivity (Wildman–Crippen MR) is 133 cm³/mol. The molecular weight excluding hydrogens is 545 g/mol. The molecule has 1 N–H and O–H groups in total. The van der Waals surface area contributed by atoms with E-state index < -0.39 is 15.8 Å². The molecule has 5 rings (SSSR count). The zero-order chi connectivity index (χ0) is 23.9. The summed E-state index contributed by atoms with van der Waals surface area (Å²) in [5.41, 5.74) is 2.13. The highest BCUT2D eigenvalue weighted by molar-refractivity contribution is 9.10. The largest absolute Gasteiger partial charge is 0.367 e. The highest BCUT2D eigenvalue weighted by atomic mass is 79.9. The van der Waals surface area contributed by atoms with Gasteiger partial charge in [0.25, 0.3) is 0 Å². The minimum Gasteiger partial charge on any atom is -0.367 e. The maximum absolute atomic E-state index is 14.1. The number of anilines is 1. The van der Waals surface area contributed by atoms with Gasteiger partial charge >= 0.3 is 0 Å². The summed E-state index contributed by atoms with van der Waals surface area (Å²) in [7, 11) is -3.89. The molecule has 0 saturated carbocycles. The van der Waals surface area contributed by atoms with Crippen LogP contribution in [0.5, 0.6) is 0 Å². The van der Waals surface area contributed by atoms with E-state index in [0.29, 0.717) is 29.2 Å². The van der Waals surface area contributed by atoms with Crippen LogP contribution >= 0.6 is 27.5 Å². The van der Waals surface area contributed by atoms with Gasteiger partial charge in [-0.3, -0.25) is 0 Å². The van der Waals surface area contributed by atoms with Gasteiger partial charge in [-0.2, -0.15) is 13.9 Å². The average Bonchev–Trinajstić information content (AvgIpc) is 3.21. The van der Waals surface area contributed by atoms with Crippen molar-refractivity contribution in [1.29, 1.82) is 0 Å².